The van der Waals surface area contributed by atoms with Gasteiger partial charge < -0.3 is 5.32 Å². The third-order valence-corrected chi connectivity index (χ3v) is 4.14. The fourth-order valence-electron chi connectivity index (χ4n) is 2.76. The van der Waals surface area contributed by atoms with Gasteiger partial charge in [-0.2, -0.15) is 10.2 Å². The fraction of sp³-hybridized carbons (Fsp3) is 0.562. The van der Waals surface area contributed by atoms with Crippen LogP contribution in [0.15, 0.2) is 6.07 Å². The Kier molecular flexibility index (Phi) is 3.76. The van der Waals surface area contributed by atoms with Crippen molar-refractivity contribution in [3.63, 3.8) is 0 Å². The highest BCUT2D eigenvalue weighted by Crippen LogP contribution is 2.28. The summed E-state index contributed by atoms with van der Waals surface area (Å²) >= 11 is 0. The first-order chi connectivity index (χ1) is 10.5. The van der Waals surface area contributed by atoms with E-state index >= 15 is 0 Å². The van der Waals surface area contributed by atoms with E-state index in [2.05, 4.69) is 34.5 Å². The van der Waals surface area contributed by atoms with E-state index in [9.17, 15) is 4.79 Å². The molecule has 0 aromatic carbocycles. The number of hydrogen-bond donors (Lipinski definition) is 2. The third kappa shape index (κ3) is 2.77. The number of aromatic nitrogens is 4. The lowest BCUT2D eigenvalue weighted by atomic mass is 10.1. The number of nitrogens with zero attached hydrogens (tertiary/aromatic N) is 3. The van der Waals surface area contributed by atoms with Crippen molar-refractivity contribution in [2.45, 2.75) is 46.6 Å². The zero-order valence-electron chi connectivity index (χ0n) is 13.6. The van der Waals surface area contributed by atoms with Crippen molar-refractivity contribution < 1.29 is 4.79 Å². The Morgan fingerprint density at radius 3 is 2.77 bits per heavy atom. The van der Waals surface area contributed by atoms with Gasteiger partial charge in [-0.15, -0.1) is 0 Å². The Labute approximate surface area is 130 Å². The fourth-order valence-corrected chi connectivity index (χ4v) is 2.76. The minimum atomic E-state index is -0.0859. The molecule has 0 radical (unpaired) electrons. The predicted molar refractivity (Wildman–Crippen MR) is 84.7 cm³/mol. The summed E-state index contributed by atoms with van der Waals surface area (Å²) in [7, 11) is 0. The topological polar surface area (TPSA) is 75.6 Å². The summed E-state index contributed by atoms with van der Waals surface area (Å²) in [5, 5.41) is 14.7. The van der Waals surface area contributed by atoms with Crippen LogP contribution < -0.4 is 5.32 Å². The molecule has 1 aliphatic rings. The lowest BCUT2D eigenvalue weighted by Gasteiger charge is -2.07. The number of hydrogen-bond acceptors (Lipinski definition) is 3. The van der Waals surface area contributed by atoms with E-state index in [1.807, 2.05) is 24.6 Å². The maximum absolute atomic E-state index is 12.1. The largest absolute Gasteiger partial charge is 0.350 e. The van der Waals surface area contributed by atoms with Crippen molar-refractivity contribution in [3.05, 3.63) is 23.1 Å². The molecule has 3 rings (SSSR count). The zero-order chi connectivity index (χ0) is 15.9. The molecule has 1 amide bonds. The van der Waals surface area contributed by atoms with Gasteiger partial charge in [-0.3, -0.25) is 14.6 Å². The lowest BCUT2D eigenvalue weighted by Crippen LogP contribution is -2.25. The van der Waals surface area contributed by atoms with Gasteiger partial charge in [0.1, 0.15) is 5.69 Å². The van der Waals surface area contributed by atoms with Crippen molar-refractivity contribution in [2.75, 3.05) is 6.54 Å². The molecule has 1 fully saturated rings. The molecule has 1 aliphatic carbocycles. The van der Waals surface area contributed by atoms with Crippen LogP contribution in [0.25, 0.3) is 11.3 Å². The van der Waals surface area contributed by atoms with Crippen LogP contribution in [0.3, 0.4) is 0 Å². The Morgan fingerprint density at radius 2 is 2.18 bits per heavy atom. The van der Waals surface area contributed by atoms with Gasteiger partial charge in [0.15, 0.2) is 0 Å². The molecule has 2 heterocycles. The Hall–Kier alpha value is -2.11. The van der Waals surface area contributed by atoms with Gasteiger partial charge in [0.05, 0.1) is 11.4 Å². The zero-order valence-corrected chi connectivity index (χ0v) is 13.6. The van der Waals surface area contributed by atoms with Crippen molar-refractivity contribution in [1.82, 2.24) is 25.3 Å². The highest BCUT2D eigenvalue weighted by Gasteiger charge is 2.23. The maximum Gasteiger partial charge on any atom is 0.269 e. The highest BCUT2D eigenvalue weighted by molar-refractivity contribution is 5.93. The SMILES string of the molecule is Cc1nn(C(C)C)c(C)c1-c1cc(C(=O)NCC2CC2)[nH]n1. The summed E-state index contributed by atoms with van der Waals surface area (Å²) in [5.41, 5.74) is 4.29. The van der Waals surface area contributed by atoms with Crippen LogP contribution in [0, 0.1) is 19.8 Å². The molecule has 0 spiro atoms. The molecule has 1 saturated carbocycles. The number of aryl methyl sites for hydroxylation is 1. The molecule has 2 aromatic rings. The van der Waals surface area contributed by atoms with Gasteiger partial charge in [-0.05, 0) is 52.5 Å². The van der Waals surface area contributed by atoms with E-state index in [0.29, 0.717) is 17.7 Å². The smallest absolute Gasteiger partial charge is 0.269 e. The van der Waals surface area contributed by atoms with Crippen molar-refractivity contribution >= 4 is 5.91 Å². The van der Waals surface area contributed by atoms with Crippen LogP contribution in [-0.2, 0) is 0 Å². The Bertz CT molecular complexity index is 693. The van der Waals surface area contributed by atoms with E-state index in [4.69, 9.17) is 0 Å². The second kappa shape index (κ2) is 5.59. The molecule has 2 N–H and O–H groups in total. The third-order valence-electron chi connectivity index (χ3n) is 4.14. The van der Waals surface area contributed by atoms with E-state index in [-0.39, 0.29) is 5.91 Å². The summed E-state index contributed by atoms with van der Waals surface area (Å²) in [6, 6.07) is 2.11. The summed E-state index contributed by atoms with van der Waals surface area (Å²) < 4.78 is 1.99. The molecule has 6 nitrogen and oxygen atoms in total. The van der Waals surface area contributed by atoms with Gasteiger partial charge in [0.2, 0.25) is 0 Å². The van der Waals surface area contributed by atoms with Crippen LogP contribution >= 0.6 is 0 Å². The molecule has 118 valence electrons. The minimum absolute atomic E-state index is 0.0859. The number of aromatic amines is 1. The van der Waals surface area contributed by atoms with E-state index in [0.717, 1.165) is 29.2 Å². The summed E-state index contributed by atoms with van der Waals surface area (Å²) in [5.74, 6) is 0.581. The van der Waals surface area contributed by atoms with E-state index < -0.39 is 0 Å². The molecule has 2 aromatic heterocycles. The molecule has 6 heteroatoms. The summed E-state index contributed by atoms with van der Waals surface area (Å²) in [6.07, 6.45) is 2.45. The van der Waals surface area contributed by atoms with Crippen LogP contribution in [0.5, 0.6) is 0 Å². The number of H-pyrrole nitrogens is 1. The highest BCUT2D eigenvalue weighted by atomic mass is 16.1. The molecular formula is C16H23N5O. The lowest BCUT2D eigenvalue weighted by molar-refractivity contribution is 0.0947. The average Bonchev–Trinajstić information content (AvgIpc) is 3.09. The van der Waals surface area contributed by atoms with Crippen LogP contribution in [0.2, 0.25) is 0 Å². The molecule has 0 saturated heterocycles. The summed E-state index contributed by atoms with van der Waals surface area (Å²) in [6.45, 7) is 8.98. The predicted octanol–water partition coefficient (Wildman–Crippen LogP) is 2.61. The van der Waals surface area contributed by atoms with E-state index in [1.54, 1.807) is 0 Å². The number of carbonyl (C=O) groups is 1. The van der Waals surface area contributed by atoms with Crippen molar-refractivity contribution in [3.8, 4) is 11.3 Å². The Morgan fingerprint density at radius 1 is 1.45 bits per heavy atom. The van der Waals surface area contributed by atoms with Crippen LogP contribution in [0.4, 0.5) is 0 Å². The van der Waals surface area contributed by atoms with Gasteiger partial charge in [-0.25, -0.2) is 0 Å². The Balaban J connectivity index is 1.82. The van der Waals surface area contributed by atoms with Crippen LogP contribution in [-0.4, -0.2) is 32.4 Å². The molecule has 0 unspecified atom stereocenters. The second-order valence-electron chi connectivity index (χ2n) is 6.40. The molecule has 0 aliphatic heterocycles. The molecular weight excluding hydrogens is 278 g/mol. The van der Waals surface area contributed by atoms with Crippen molar-refractivity contribution in [1.29, 1.82) is 0 Å². The molecule has 22 heavy (non-hydrogen) atoms. The number of amides is 1. The normalized spacial score (nSPS) is 14.6. The first kappa shape index (κ1) is 14.8. The minimum Gasteiger partial charge on any atom is -0.350 e. The molecule has 0 atom stereocenters. The molecule has 0 bridgehead atoms. The van der Waals surface area contributed by atoms with Gasteiger partial charge in [0.25, 0.3) is 5.91 Å². The van der Waals surface area contributed by atoms with Gasteiger partial charge in [0, 0.05) is 23.8 Å². The summed E-state index contributed by atoms with van der Waals surface area (Å²) in [4.78, 5) is 12.1. The number of carbonyl (C=O) groups excluding carboxylic acids is 1. The van der Waals surface area contributed by atoms with Crippen LogP contribution in [0.1, 0.15) is 54.6 Å². The van der Waals surface area contributed by atoms with Crippen molar-refractivity contribution in [2.24, 2.45) is 5.92 Å². The van der Waals surface area contributed by atoms with Gasteiger partial charge >= 0.3 is 0 Å². The number of rotatable bonds is 5. The maximum atomic E-state index is 12.1. The quantitative estimate of drug-likeness (QED) is 0.891. The first-order valence-electron chi connectivity index (χ1n) is 7.87. The average molecular weight is 301 g/mol. The second-order valence-corrected chi connectivity index (χ2v) is 6.40. The standard InChI is InChI=1S/C16H23N5O/c1-9(2)21-11(4)15(10(3)20-21)13-7-14(19-18-13)16(22)17-8-12-5-6-12/h7,9,12H,5-6,8H2,1-4H3,(H,17,22)(H,18,19). The number of nitrogens with one attached hydrogen (secondary N) is 2. The first-order valence-corrected chi connectivity index (χ1v) is 7.87. The van der Waals surface area contributed by atoms with E-state index in [1.165, 1.54) is 12.8 Å². The van der Waals surface area contributed by atoms with Gasteiger partial charge in [-0.1, -0.05) is 0 Å². The monoisotopic (exact) mass is 301 g/mol.